The van der Waals surface area contributed by atoms with E-state index in [1.165, 1.54) is 0 Å². The minimum Gasteiger partial charge on any atom is -0.378 e. The van der Waals surface area contributed by atoms with E-state index in [1.807, 2.05) is 6.92 Å². The van der Waals surface area contributed by atoms with Crippen molar-refractivity contribution in [3.63, 3.8) is 0 Å². The van der Waals surface area contributed by atoms with Crippen LogP contribution in [-0.4, -0.2) is 74.9 Å². The topological polar surface area (TPSA) is 79.9 Å². The minimum absolute atomic E-state index is 0. The molecule has 2 N–H and O–H groups in total. The lowest BCUT2D eigenvalue weighted by molar-refractivity contribution is -0.135. The second-order valence-electron chi connectivity index (χ2n) is 5.04. The van der Waals surface area contributed by atoms with Crippen LogP contribution in [0.2, 0.25) is 0 Å². The number of amides is 2. The number of halogens is 1. The first kappa shape index (κ1) is 18.2. The molecule has 8 heteroatoms. The summed E-state index contributed by atoms with van der Waals surface area (Å²) in [6.45, 7) is 6.01. The van der Waals surface area contributed by atoms with Gasteiger partial charge < -0.3 is 25.0 Å². The fourth-order valence-corrected chi connectivity index (χ4v) is 2.40. The van der Waals surface area contributed by atoms with E-state index in [0.717, 1.165) is 0 Å². The molecule has 0 aromatic rings. The molecule has 2 atom stereocenters. The van der Waals surface area contributed by atoms with Gasteiger partial charge in [-0.15, -0.1) is 12.4 Å². The van der Waals surface area contributed by atoms with Gasteiger partial charge in [-0.05, 0) is 6.92 Å². The third-order valence-electron chi connectivity index (χ3n) is 3.60. The van der Waals surface area contributed by atoms with Crippen molar-refractivity contribution in [1.82, 2.24) is 15.5 Å². The summed E-state index contributed by atoms with van der Waals surface area (Å²) >= 11 is 0. The fraction of sp³-hybridized carbons (Fsp3) is 0.846. The third-order valence-corrected chi connectivity index (χ3v) is 3.60. The highest BCUT2D eigenvalue weighted by Crippen LogP contribution is 2.04. The van der Waals surface area contributed by atoms with Crippen LogP contribution in [-0.2, 0) is 19.1 Å². The molecule has 2 heterocycles. The van der Waals surface area contributed by atoms with Crippen molar-refractivity contribution in [3.8, 4) is 0 Å². The van der Waals surface area contributed by atoms with Gasteiger partial charge in [0, 0.05) is 32.6 Å². The summed E-state index contributed by atoms with van der Waals surface area (Å²) in [5.41, 5.74) is 0. The maximum absolute atomic E-state index is 12.0. The summed E-state index contributed by atoms with van der Waals surface area (Å²) in [5, 5.41) is 5.91. The van der Waals surface area contributed by atoms with Gasteiger partial charge in [0.05, 0.1) is 25.9 Å². The molecule has 0 aromatic heterocycles. The van der Waals surface area contributed by atoms with E-state index in [4.69, 9.17) is 9.47 Å². The van der Waals surface area contributed by atoms with E-state index in [2.05, 4.69) is 10.6 Å². The van der Waals surface area contributed by atoms with E-state index in [0.29, 0.717) is 52.4 Å². The molecule has 2 aliphatic heterocycles. The van der Waals surface area contributed by atoms with E-state index < -0.39 is 0 Å². The van der Waals surface area contributed by atoms with Crippen molar-refractivity contribution in [1.29, 1.82) is 0 Å². The van der Waals surface area contributed by atoms with Gasteiger partial charge in [0.1, 0.15) is 6.04 Å². The summed E-state index contributed by atoms with van der Waals surface area (Å²) in [4.78, 5) is 25.6. The molecular formula is C13H24ClN3O4. The Kier molecular flexibility index (Phi) is 7.95. The molecular weight excluding hydrogens is 298 g/mol. The Bertz CT molecular complexity index is 350. The van der Waals surface area contributed by atoms with Gasteiger partial charge in [-0.2, -0.15) is 0 Å². The van der Waals surface area contributed by atoms with Crippen molar-refractivity contribution >= 4 is 24.2 Å². The highest BCUT2D eigenvalue weighted by atomic mass is 35.5. The van der Waals surface area contributed by atoms with Gasteiger partial charge in [0.15, 0.2) is 0 Å². The van der Waals surface area contributed by atoms with Crippen molar-refractivity contribution in [3.05, 3.63) is 0 Å². The number of morpholine rings is 2. The smallest absolute Gasteiger partial charge is 0.239 e. The summed E-state index contributed by atoms with van der Waals surface area (Å²) in [6, 6.07) is -0.331. The molecule has 2 amide bonds. The van der Waals surface area contributed by atoms with Crippen molar-refractivity contribution < 1.29 is 19.1 Å². The van der Waals surface area contributed by atoms with Gasteiger partial charge in [-0.3, -0.25) is 9.59 Å². The molecule has 2 saturated heterocycles. The number of ether oxygens (including phenoxy) is 2. The Balaban J connectivity index is 0.00000220. The zero-order chi connectivity index (χ0) is 14.4. The molecule has 21 heavy (non-hydrogen) atoms. The summed E-state index contributed by atoms with van der Waals surface area (Å²) < 4.78 is 10.6. The Hall–Kier alpha value is -0.890. The highest BCUT2D eigenvalue weighted by molar-refractivity contribution is 5.85. The molecule has 2 aliphatic rings. The van der Waals surface area contributed by atoms with Gasteiger partial charge in [0.25, 0.3) is 0 Å². The van der Waals surface area contributed by atoms with Gasteiger partial charge in [-0.1, -0.05) is 0 Å². The molecule has 0 saturated carbocycles. The van der Waals surface area contributed by atoms with Crippen LogP contribution in [0.25, 0.3) is 0 Å². The molecule has 2 fully saturated rings. The maximum atomic E-state index is 12.0. The lowest BCUT2D eigenvalue weighted by Crippen LogP contribution is -2.55. The van der Waals surface area contributed by atoms with Crippen LogP contribution in [0.4, 0.5) is 0 Å². The van der Waals surface area contributed by atoms with E-state index >= 15 is 0 Å². The molecule has 0 aromatic carbocycles. The molecule has 0 bridgehead atoms. The van der Waals surface area contributed by atoms with Crippen LogP contribution in [0, 0.1) is 0 Å². The summed E-state index contributed by atoms with van der Waals surface area (Å²) in [6.07, 6.45) is 0.187. The first-order valence-corrected chi connectivity index (χ1v) is 7.16. The zero-order valence-electron chi connectivity index (χ0n) is 12.3. The second kappa shape index (κ2) is 9.19. The summed E-state index contributed by atoms with van der Waals surface area (Å²) in [5.74, 6) is -0.0403. The first-order chi connectivity index (χ1) is 9.68. The van der Waals surface area contributed by atoms with Gasteiger partial charge >= 0.3 is 0 Å². The quantitative estimate of drug-likeness (QED) is 0.705. The lowest BCUT2D eigenvalue weighted by Gasteiger charge is -2.29. The molecule has 7 nitrogen and oxygen atoms in total. The maximum Gasteiger partial charge on any atom is 0.239 e. The lowest BCUT2D eigenvalue weighted by atomic mass is 10.1. The molecule has 0 radical (unpaired) electrons. The van der Waals surface area contributed by atoms with E-state index in [1.54, 1.807) is 4.90 Å². The van der Waals surface area contributed by atoms with Crippen molar-refractivity contribution in [2.24, 2.45) is 0 Å². The predicted molar refractivity (Wildman–Crippen MR) is 79.5 cm³/mol. The van der Waals surface area contributed by atoms with Crippen LogP contribution in [0.1, 0.15) is 13.3 Å². The zero-order valence-corrected chi connectivity index (χ0v) is 13.1. The normalized spacial score (nSPS) is 25.9. The molecule has 2 rings (SSSR count). The SMILES string of the molecule is C[C@H]1OCCN[C@@H]1C(=O)NCCC(=O)N1CCOCC1.Cl. The predicted octanol–water partition coefficient (Wildman–Crippen LogP) is -0.850. The van der Waals surface area contributed by atoms with Crippen LogP contribution in [0.15, 0.2) is 0 Å². The van der Waals surface area contributed by atoms with Crippen LogP contribution >= 0.6 is 12.4 Å². The summed E-state index contributed by atoms with van der Waals surface area (Å²) in [7, 11) is 0. The van der Waals surface area contributed by atoms with E-state index in [-0.39, 0.29) is 36.4 Å². The Morgan fingerprint density at radius 3 is 2.67 bits per heavy atom. The Morgan fingerprint density at radius 1 is 1.29 bits per heavy atom. The average Bonchev–Trinajstić information content (AvgIpc) is 2.48. The number of rotatable bonds is 4. The third kappa shape index (κ3) is 5.43. The number of hydrogen-bond donors (Lipinski definition) is 2. The van der Waals surface area contributed by atoms with E-state index in [9.17, 15) is 9.59 Å². The van der Waals surface area contributed by atoms with Crippen molar-refractivity contribution in [2.75, 3.05) is 46.0 Å². The van der Waals surface area contributed by atoms with Crippen LogP contribution in [0.5, 0.6) is 0 Å². The number of carbonyl (C=O) groups is 2. The van der Waals surface area contributed by atoms with Crippen LogP contribution < -0.4 is 10.6 Å². The number of carbonyl (C=O) groups excluding carboxylic acids is 2. The largest absolute Gasteiger partial charge is 0.378 e. The molecule has 0 aliphatic carbocycles. The monoisotopic (exact) mass is 321 g/mol. The Morgan fingerprint density at radius 2 is 2.00 bits per heavy atom. The van der Waals surface area contributed by atoms with Crippen molar-refractivity contribution in [2.45, 2.75) is 25.5 Å². The highest BCUT2D eigenvalue weighted by Gasteiger charge is 2.28. The molecule has 122 valence electrons. The Labute approximate surface area is 131 Å². The van der Waals surface area contributed by atoms with Gasteiger partial charge in [0.2, 0.25) is 11.8 Å². The average molecular weight is 322 g/mol. The number of nitrogens with one attached hydrogen (secondary N) is 2. The second-order valence-corrected chi connectivity index (χ2v) is 5.04. The van der Waals surface area contributed by atoms with Crippen LogP contribution in [0.3, 0.4) is 0 Å². The standard InChI is InChI=1S/C13H23N3O4.ClH/c1-10-12(14-4-7-20-10)13(18)15-3-2-11(17)16-5-8-19-9-6-16;/h10,12,14H,2-9H2,1H3,(H,15,18);1H/t10-,12+;/m1./s1. The molecule has 0 unspecified atom stereocenters. The fourth-order valence-electron chi connectivity index (χ4n) is 2.40. The number of hydrogen-bond acceptors (Lipinski definition) is 5. The first-order valence-electron chi connectivity index (χ1n) is 7.16. The van der Waals surface area contributed by atoms with Gasteiger partial charge in [-0.25, -0.2) is 0 Å². The minimum atomic E-state index is -0.331. The number of nitrogens with zero attached hydrogens (tertiary/aromatic N) is 1. The molecule has 0 spiro atoms.